The van der Waals surface area contributed by atoms with E-state index in [9.17, 15) is 18.0 Å². The van der Waals surface area contributed by atoms with Gasteiger partial charge in [-0.1, -0.05) is 36.7 Å². The second-order valence-electron chi connectivity index (χ2n) is 11.5. The summed E-state index contributed by atoms with van der Waals surface area (Å²) in [7, 11) is -3.81. The topological polar surface area (TPSA) is 123 Å². The third-order valence-electron chi connectivity index (χ3n) is 7.52. The smallest absolute Gasteiger partial charge is 0.338 e. The largest absolute Gasteiger partial charge is 0.486 e. The number of nitrogens with zero attached hydrogens (tertiary/aromatic N) is 4. The van der Waals surface area contributed by atoms with E-state index in [1.807, 2.05) is 4.90 Å². The lowest BCUT2D eigenvalue weighted by Gasteiger charge is -2.35. The third kappa shape index (κ3) is 7.56. The minimum Gasteiger partial charge on any atom is -0.486 e. The van der Waals surface area contributed by atoms with Crippen LogP contribution < -0.4 is 19.9 Å². The summed E-state index contributed by atoms with van der Waals surface area (Å²) in [6.45, 7) is 7.16. The fraction of sp³-hybridized carbons (Fsp3) is 0.433. The Morgan fingerprint density at radius 1 is 1.09 bits per heavy atom. The molecule has 2 aromatic carbocycles. The van der Waals surface area contributed by atoms with E-state index in [0.717, 1.165) is 12.8 Å². The molecule has 1 aromatic heterocycles. The molecular weight excluding hydrogens is 594 g/mol. The molecule has 1 aliphatic carbocycles. The molecule has 2 aliphatic rings. The van der Waals surface area contributed by atoms with Gasteiger partial charge in [-0.05, 0) is 62.6 Å². The molecule has 230 valence electrons. The normalized spacial score (nSPS) is 16.7. The van der Waals surface area contributed by atoms with Crippen molar-refractivity contribution in [3.63, 3.8) is 0 Å². The van der Waals surface area contributed by atoms with Crippen LogP contribution in [0.5, 0.6) is 5.75 Å². The molecule has 0 unspecified atom stereocenters. The second kappa shape index (κ2) is 12.7. The zero-order chi connectivity index (χ0) is 30.8. The van der Waals surface area contributed by atoms with Crippen LogP contribution in [0.1, 0.15) is 49.5 Å². The molecule has 1 saturated carbocycles. The van der Waals surface area contributed by atoms with Crippen molar-refractivity contribution >= 4 is 33.5 Å². The molecule has 2 fully saturated rings. The van der Waals surface area contributed by atoms with Gasteiger partial charge in [0.2, 0.25) is 5.75 Å². The molecule has 13 heteroatoms. The van der Waals surface area contributed by atoms with Gasteiger partial charge in [0.15, 0.2) is 0 Å². The molecule has 0 atom stereocenters. The summed E-state index contributed by atoms with van der Waals surface area (Å²) in [5.41, 5.74) is 1.69. The molecular formula is C30H36ClN5O6S. The average molecular weight is 630 g/mol. The second-order valence-corrected chi connectivity index (χ2v) is 13.7. The number of halogens is 1. The van der Waals surface area contributed by atoms with Crippen LogP contribution in [0.4, 0.5) is 5.69 Å². The number of aromatic nitrogens is 2. The van der Waals surface area contributed by atoms with Gasteiger partial charge in [0.25, 0.3) is 10.2 Å². The maximum absolute atomic E-state index is 13.6. The number of piperazine rings is 1. The molecule has 1 aliphatic heterocycles. The summed E-state index contributed by atoms with van der Waals surface area (Å²) in [5, 5.41) is 4.88. The van der Waals surface area contributed by atoms with Crippen molar-refractivity contribution in [1.82, 2.24) is 18.8 Å². The monoisotopic (exact) mass is 629 g/mol. The maximum atomic E-state index is 13.6. The molecule has 0 amide bonds. The first-order valence-electron chi connectivity index (χ1n) is 14.2. The molecule has 0 bridgehead atoms. The Bertz CT molecular complexity index is 1650. The van der Waals surface area contributed by atoms with Crippen molar-refractivity contribution in [2.24, 2.45) is 5.41 Å². The van der Waals surface area contributed by atoms with Crippen molar-refractivity contribution in [2.75, 3.05) is 37.7 Å². The van der Waals surface area contributed by atoms with Crippen LogP contribution in [0.2, 0.25) is 5.02 Å². The number of nitrogens with one attached hydrogen (secondary N) is 1. The van der Waals surface area contributed by atoms with Crippen LogP contribution in [0.15, 0.2) is 59.5 Å². The van der Waals surface area contributed by atoms with Crippen molar-refractivity contribution in [3.8, 4) is 11.4 Å². The number of hydrogen-bond donors (Lipinski definition) is 1. The van der Waals surface area contributed by atoms with Crippen molar-refractivity contribution in [3.05, 3.63) is 81.2 Å². The van der Waals surface area contributed by atoms with Gasteiger partial charge in [-0.3, -0.25) is 4.79 Å². The number of rotatable bonds is 11. The van der Waals surface area contributed by atoms with Gasteiger partial charge in [-0.15, -0.1) is 0 Å². The number of anilines is 1. The number of hydrogen-bond acceptors (Lipinski definition) is 8. The first-order valence-corrected chi connectivity index (χ1v) is 16.1. The molecule has 43 heavy (non-hydrogen) atoms. The highest BCUT2D eigenvalue weighted by molar-refractivity contribution is 7.87. The van der Waals surface area contributed by atoms with E-state index in [-0.39, 0.29) is 36.9 Å². The van der Waals surface area contributed by atoms with Crippen molar-refractivity contribution in [2.45, 2.75) is 46.3 Å². The van der Waals surface area contributed by atoms with Crippen molar-refractivity contribution < 1.29 is 22.7 Å². The molecule has 5 rings (SSSR count). The Balaban J connectivity index is 1.27. The van der Waals surface area contributed by atoms with Crippen LogP contribution in [0, 0.1) is 5.41 Å². The van der Waals surface area contributed by atoms with E-state index in [0.29, 0.717) is 47.2 Å². The van der Waals surface area contributed by atoms with E-state index < -0.39 is 21.7 Å². The first-order chi connectivity index (χ1) is 20.4. The summed E-state index contributed by atoms with van der Waals surface area (Å²) in [5.74, 6) is -0.270. The van der Waals surface area contributed by atoms with Gasteiger partial charge >= 0.3 is 11.5 Å². The van der Waals surface area contributed by atoms with Gasteiger partial charge in [0, 0.05) is 43.2 Å². The highest BCUT2D eigenvalue weighted by Gasteiger charge is 2.39. The minimum absolute atomic E-state index is 0.0216. The molecule has 0 spiro atoms. The Morgan fingerprint density at radius 3 is 2.49 bits per heavy atom. The van der Waals surface area contributed by atoms with Gasteiger partial charge in [-0.2, -0.15) is 27.2 Å². The number of esters is 1. The van der Waals surface area contributed by atoms with Gasteiger partial charge in [0.1, 0.15) is 5.69 Å². The lowest BCUT2D eigenvalue weighted by atomic mass is 10.1. The Morgan fingerprint density at radius 2 is 1.81 bits per heavy atom. The maximum Gasteiger partial charge on any atom is 0.338 e. The summed E-state index contributed by atoms with van der Waals surface area (Å²) >= 11 is 6.15. The summed E-state index contributed by atoms with van der Waals surface area (Å²) in [6, 6.07) is 13.6. The highest BCUT2D eigenvalue weighted by Crippen LogP contribution is 2.45. The fourth-order valence-corrected chi connectivity index (χ4v) is 6.07. The standard InChI is InChI=1S/C30H36ClN5O6S/c1-21(2)42-29(38)23-7-4-6-22(16-23)18-33-43(39,40)35-14-12-34(13-15-35)26-19-32-36(25-9-5-8-24(31)17-25)28(37)27(26)41-20-30(3)10-11-30/h4-9,16-17,19,21,33H,10-15,18,20H2,1-3H3. The summed E-state index contributed by atoms with van der Waals surface area (Å²) in [4.78, 5) is 27.8. The minimum atomic E-state index is -3.81. The Labute approximate surface area is 256 Å². The number of carbonyl (C=O) groups excluding carboxylic acids is 1. The molecule has 1 saturated heterocycles. The van der Waals surface area contributed by atoms with E-state index in [1.165, 1.54) is 8.99 Å². The molecule has 1 N–H and O–H groups in total. The van der Waals surface area contributed by atoms with E-state index in [4.69, 9.17) is 21.1 Å². The summed E-state index contributed by atoms with van der Waals surface area (Å²) < 4.78 is 42.9. The predicted octanol–water partition coefficient (Wildman–Crippen LogP) is 3.79. The van der Waals surface area contributed by atoms with Gasteiger partial charge < -0.3 is 14.4 Å². The van der Waals surface area contributed by atoms with Crippen LogP contribution in [-0.2, 0) is 21.5 Å². The Hall–Kier alpha value is -3.45. The van der Waals surface area contributed by atoms with Crippen LogP contribution >= 0.6 is 11.6 Å². The third-order valence-corrected chi connectivity index (χ3v) is 9.31. The van der Waals surface area contributed by atoms with Crippen LogP contribution in [-0.4, -0.2) is 67.4 Å². The number of carbonyl (C=O) groups is 1. The molecule has 2 heterocycles. The lowest BCUT2D eigenvalue weighted by molar-refractivity contribution is 0.0377. The zero-order valence-corrected chi connectivity index (χ0v) is 26.0. The number of benzene rings is 2. The highest BCUT2D eigenvalue weighted by atomic mass is 35.5. The molecule has 11 nitrogen and oxygen atoms in total. The van der Waals surface area contributed by atoms with E-state index in [1.54, 1.807) is 68.6 Å². The fourth-order valence-electron chi connectivity index (χ4n) is 4.71. The molecule has 3 aromatic rings. The van der Waals surface area contributed by atoms with Gasteiger partial charge in [0.05, 0.1) is 30.2 Å². The number of ether oxygens (including phenoxy) is 2. The van der Waals surface area contributed by atoms with Crippen molar-refractivity contribution in [1.29, 1.82) is 0 Å². The van der Waals surface area contributed by atoms with E-state index >= 15 is 0 Å². The first kappa shape index (κ1) is 31.0. The zero-order valence-electron chi connectivity index (χ0n) is 24.5. The van der Waals surface area contributed by atoms with Crippen LogP contribution in [0.25, 0.3) is 5.69 Å². The lowest BCUT2D eigenvalue weighted by Crippen LogP contribution is -2.52. The molecule has 0 radical (unpaired) electrons. The Kier molecular flexibility index (Phi) is 9.12. The summed E-state index contributed by atoms with van der Waals surface area (Å²) in [6.07, 6.45) is 3.40. The quantitative estimate of drug-likeness (QED) is 0.318. The van der Waals surface area contributed by atoms with Crippen LogP contribution in [0.3, 0.4) is 0 Å². The van der Waals surface area contributed by atoms with E-state index in [2.05, 4.69) is 16.7 Å². The average Bonchev–Trinajstić information content (AvgIpc) is 3.72. The predicted molar refractivity (Wildman–Crippen MR) is 164 cm³/mol. The van der Waals surface area contributed by atoms with Gasteiger partial charge in [-0.25, -0.2) is 4.79 Å². The SMILES string of the molecule is CC(C)OC(=O)c1cccc(CNS(=O)(=O)N2CCN(c3cnn(-c4cccc(Cl)c4)c(=O)c3OCC3(C)CC3)CC2)c1.